The Labute approximate surface area is 175 Å². The molecule has 7 nitrogen and oxygen atoms in total. The molecule has 0 unspecified atom stereocenters. The predicted octanol–water partition coefficient (Wildman–Crippen LogP) is 2.60. The fourth-order valence-electron chi connectivity index (χ4n) is 5.75. The van der Waals surface area contributed by atoms with Crippen molar-refractivity contribution in [3.05, 3.63) is 57.5 Å². The molecular formula is C23H27N5O2. The smallest absolute Gasteiger partial charge is 0.255 e. The van der Waals surface area contributed by atoms with E-state index in [1.165, 1.54) is 25.0 Å². The van der Waals surface area contributed by atoms with Crippen LogP contribution in [0.2, 0.25) is 0 Å². The Morgan fingerprint density at radius 2 is 1.80 bits per heavy atom. The minimum atomic E-state index is 0.237. The maximum absolute atomic E-state index is 13.2. The molecule has 2 bridgehead atoms. The van der Waals surface area contributed by atoms with Gasteiger partial charge in [0.25, 0.3) is 5.56 Å². The summed E-state index contributed by atoms with van der Waals surface area (Å²) in [6.07, 6.45) is 3.69. The molecular weight excluding hydrogens is 378 g/mol. The van der Waals surface area contributed by atoms with Crippen molar-refractivity contribution in [1.29, 1.82) is 0 Å². The first-order valence-corrected chi connectivity index (χ1v) is 11.1. The van der Waals surface area contributed by atoms with Gasteiger partial charge in [-0.25, -0.2) is 4.63 Å². The van der Waals surface area contributed by atoms with Crippen molar-refractivity contribution in [2.75, 3.05) is 26.2 Å². The van der Waals surface area contributed by atoms with E-state index < -0.39 is 0 Å². The summed E-state index contributed by atoms with van der Waals surface area (Å²) in [5.74, 6) is 0.936. The van der Waals surface area contributed by atoms with Gasteiger partial charge in [0.15, 0.2) is 0 Å². The fourth-order valence-corrected chi connectivity index (χ4v) is 5.75. The lowest BCUT2D eigenvalue weighted by Crippen LogP contribution is -2.47. The molecule has 2 aromatic heterocycles. The van der Waals surface area contributed by atoms with Gasteiger partial charge in [-0.15, -0.1) is 0 Å². The number of hydrogen-bond donors (Lipinski definition) is 0. The van der Waals surface area contributed by atoms with Crippen molar-refractivity contribution in [3.63, 3.8) is 0 Å². The van der Waals surface area contributed by atoms with Gasteiger partial charge < -0.3 is 4.57 Å². The SMILES string of the molecule is O=c1c(CN2CCCC2)ccc2n1C[C@H]1C[C@@H]2CN(Cc2cccc3nonc23)C1. The largest absolute Gasteiger partial charge is 0.312 e. The highest BCUT2D eigenvalue weighted by molar-refractivity contribution is 5.76. The van der Waals surface area contributed by atoms with Crippen LogP contribution in [0.3, 0.4) is 0 Å². The topological polar surface area (TPSA) is 67.4 Å². The second-order valence-corrected chi connectivity index (χ2v) is 9.22. The molecule has 0 N–H and O–H groups in total. The summed E-state index contributed by atoms with van der Waals surface area (Å²) >= 11 is 0. The van der Waals surface area contributed by atoms with Crippen LogP contribution in [0.1, 0.15) is 42.0 Å². The first-order chi connectivity index (χ1) is 14.7. The molecule has 0 spiro atoms. The zero-order valence-corrected chi connectivity index (χ0v) is 17.2. The van der Waals surface area contributed by atoms with Crippen LogP contribution in [0.25, 0.3) is 11.0 Å². The number of piperidine rings is 1. The first kappa shape index (κ1) is 18.3. The second-order valence-electron chi connectivity index (χ2n) is 9.22. The molecule has 6 rings (SSSR count). The number of nitrogens with zero attached hydrogens (tertiary/aromatic N) is 5. The van der Waals surface area contributed by atoms with Crippen molar-refractivity contribution in [3.8, 4) is 0 Å². The summed E-state index contributed by atoms with van der Waals surface area (Å²) in [6, 6.07) is 10.4. The summed E-state index contributed by atoms with van der Waals surface area (Å²) < 4.78 is 7.01. The monoisotopic (exact) mass is 405 g/mol. The van der Waals surface area contributed by atoms with Crippen LogP contribution in [-0.4, -0.2) is 50.9 Å². The molecule has 5 heterocycles. The molecule has 3 aromatic rings. The molecule has 2 fully saturated rings. The molecule has 156 valence electrons. The maximum Gasteiger partial charge on any atom is 0.255 e. The van der Waals surface area contributed by atoms with Crippen molar-refractivity contribution < 1.29 is 4.63 Å². The molecule has 1 aromatic carbocycles. The Hall–Kier alpha value is -2.51. The van der Waals surface area contributed by atoms with E-state index in [9.17, 15) is 4.79 Å². The summed E-state index contributed by atoms with van der Waals surface area (Å²) in [5.41, 5.74) is 5.24. The summed E-state index contributed by atoms with van der Waals surface area (Å²) in [6.45, 7) is 6.71. The number of benzene rings is 1. The van der Waals surface area contributed by atoms with Crippen molar-refractivity contribution in [2.45, 2.75) is 44.8 Å². The van der Waals surface area contributed by atoms with Gasteiger partial charge in [0.05, 0.1) is 0 Å². The highest BCUT2D eigenvalue weighted by Gasteiger charge is 2.35. The molecule has 30 heavy (non-hydrogen) atoms. The maximum atomic E-state index is 13.2. The summed E-state index contributed by atoms with van der Waals surface area (Å²) in [7, 11) is 0. The Balaban J connectivity index is 1.24. The Morgan fingerprint density at radius 3 is 2.70 bits per heavy atom. The third-order valence-electron chi connectivity index (χ3n) is 7.11. The van der Waals surface area contributed by atoms with E-state index in [2.05, 4.69) is 42.9 Å². The second kappa shape index (κ2) is 7.32. The molecule has 2 saturated heterocycles. The molecule has 0 radical (unpaired) electrons. The van der Waals surface area contributed by atoms with E-state index in [0.717, 1.165) is 68.0 Å². The molecule has 0 saturated carbocycles. The van der Waals surface area contributed by atoms with E-state index >= 15 is 0 Å². The number of aromatic nitrogens is 3. The lowest BCUT2D eigenvalue weighted by atomic mass is 9.82. The zero-order valence-electron chi connectivity index (χ0n) is 17.2. The fraction of sp³-hybridized carbons (Fsp3) is 0.522. The standard InChI is InChI=1S/C23H27N5O2/c29-23-18(14-26-8-1-2-9-26)6-7-21-19-10-16(12-28(21)23)11-27(15-19)13-17-4-3-5-20-22(17)25-30-24-20/h3-7,16,19H,1-2,8-15H2/t16-,19+/m0/s1. The van der Waals surface area contributed by atoms with Gasteiger partial charge in [0, 0.05) is 49.9 Å². The van der Waals surface area contributed by atoms with Crippen molar-refractivity contribution in [2.24, 2.45) is 5.92 Å². The molecule has 0 amide bonds. The Bertz CT molecular complexity index is 1130. The van der Waals surface area contributed by atoms with E-state index in [-0.39, 0.29) is 5.56 Å². The van der Waals surface area contributed by atoms with Gasteiger partial charge in [0.2, 0.25) is 0 Å². The third kappa shape index (κ3) is 3.17. The van der Waals surface area contributed by atoms with Crippen LogP contribution >= 0.6 is 0 Å². The molecule has 2 atom stereocenters. The zero-order chi connectivity index (χ0) is 20.1. The number of pyridine rings is 1. The van der Waals surface area contributed by atoms with Crippen molar-refractivity contribution in [1.82, 2.24) is 24.7 Å². The highest BCUT2D eigenvalue weighted by atomic mass is 16.6. The predicted molar refractivity (Wildman–Crippen MR) is 113 cm³/mol. The molecule has 3 aliphatic rings. The normalized spacial score (nSPS) is 24.4. The minimum Gasteiger partial charge on any atom is -0.312 e. The van der Waals surface area contributed by atoms with Crippen LogP contribution in [0.15, 0.2) is 39.8 Å². The van der Waals surface area contributed by atoms with Gasteiger partial charge in [-0.1, -0.05) is 18.2 Å². The number of likely N-dealkylation sites (tertiary alicyclic amines) is 2. The van der Waals surface area contributed by atoms with Crippen molar-refractivity contribution >= 4 is 11.0 Å². The van der Waals surface area contributed by atoms with Crippen LogP contribution in [0.4, 0.5) is 0 Å². The number of hydrogen-bond acceptors (Lipinski definition) is 6. The third-order valence-corrected chi connectivity index (χ3v) is 7.11. The lowest BCUT2D eigenvalue weighted by molar-refractivity contribution is 0.114. The quantitative estimate of drug-likeness (QED) is 0.665. The molecule has 0 aliphatic carbocycles. The van der Waals surface area contributed by atoms with E-state index in [1.54, 1.807) is 0 Å². The van der Waals surface area contributed by atoms with Crippen LogP contribution in [-0.2, 0) is 19.6 Å². The van der Waals surface area contributed by atoms with Crippen LogP contribution in [0, 0.1) is 5.92 Å². The highest BCUT2D eigenvalue weighted by Crippen LogP contribution is 2.36. The first-order valence-electron chi connectivity index (χ1n) is 11.1. The Kier molecular flexibility index (Phi) is 4.46. The average molecular weight is 406 g/mol. The summed E-state index contributed by atoms with van der Waals surface area (Å²) in [5, 5.41) is 8.06. The van der Waals surface area contributed by atoms with Crippen LogP contribution in [0.5, 0.6) is 0 Å². The van der Waals surface area contributed by atoms with Crippen LogP contribution < -0.4 is 5.56 Å². The Morgan fingerprint density at radius 1 is 0.933 bits per heavy atom. The number of fused-ring (bicyclic) bond motifs is 5. The average Bonchev–Trinajstić information content (AvgIpc) is 3.43. The van der Waals surface area contributed by atoms with Gasteiger partial charge in [0.1, 0.15) is 11.0 Å². The van der Waals surface area contributed by atoms with E-state index in [0.29, 0.717) is 11.8 Å². The van der Waals surface area contributed by atoms with E-state index in [1.807, 2.05) is 12.1 Å². The molecule has 7 heteroatoms. The molecule has 3 aliphatic heterocycles. The van der Waals surface area contributed by atoms with Gasteiger partial charge in [-0.05, 0) is 66.3 Å². The van der Waals surface area contributed by atoms with Gasteiger partial charge in [-0.3, -0.25) is 14.6 Å². The summed E-state index contributed by atoms with van der Waals surface area (Å²) in [4.78, 5) is 18.1. The van der Waals surface area contributed by atoms with Gasteiger partial charge in [-0.2, -0.15) is 0 Å². The van der Waals surface area contributed by atoms with Gasteiger partial charge >= 0.3 is 0 Å². The van der Waals surface area contributed by atoms with E-state index in [4.69, 9.17) is 4.63 Å². The number of rotatable bonds is 4. The lowest BCUT2D eigenvalue weighted by Gasteiger charge is -2.43. The minimum absolute atomic E-state index is 0.237.